The van der Waals surface area contributed by atoms with Gasteiger partial charge in [0.1, 0.15) is 11.5 Å². The summed E-state index contributed by atoms with van der Waals surface area (Å²) < 4.78 is 16.2. The van der Waals surface area contributed by atoms with Crippen LogP contribution in [0, 0.1) is 6.92 Å². The number of methoxy groups -OCH3 is 2. The van der Waals surface area contributed by atoms with Gasteiger partial charge in [0, 0.05) is 17.2 Å². The fraction of sp³-hybridized carbons (Fsp3) is 0.333. The molecule has 1 aliphatic rings. The summed E-state index contributed by atoms with van der Waals surface area (Å²) in [6, 6.07) is 12.3. The van der Waals surface area contributed by atoms with E-state index in [4.69, 9.17) is 14.2 Å². The van der Waals surface area contributed by atoms with E-state index in [0.29, 0.717) is 17.1 Å². The van der Waals surface area contributed by atoms with Crippen molar-refractivity contribution in [3.63, 3.8) is 0 Å². The normalized spacial score (nSPS) is 14.2. The quantitative estimate of drug-likeness (QED) is 0.759. The van der Waals surface area contributed by atoms with Crippen LogP contribution in [0.15, 0.2) is 42.5 Å². The van der Waals surface area contributed by atoms with E-state index in [1.54, 1.807) is 36.4 Å². The zero-order valence-corrected chi connectivity index (χ0v) is 15.7. The van der Waals surface area contributed by atoms with Crippen molar-refractivity contribution >= 4 is 11.9 Å². The van der Waals surface area contributed by atoms with Crippen molar-refractivity contribution in [1.29, 1.82) is 0 Å². The number of ether oxygens (including phenoxy) is 3. The minimum atomic E-state index is -1.02. The Morgan fingerprint density at radius 3 is 2.15 bits per heavy atom. The van der Waals surface area contributed by atoms with Gasteiger partial charge in [-0.3, -0.25) is 4.79 Å². The topological polar surface area (TPSA) is 73.9 Å². The molecule has 0 saturated heterocycles. The maximum absolute atomic E-state index is 12.8. The number of carbonyl (C=O) groups excluding carboxylic acids is 2. The van der Waals surface area contributed by atoms with Gasteiger partial charge in [-0.2, -0.15) is 0 Å². The van der Waals surface area contributed by atoms with Crippen LogP contribution in [0.1, 0.15) is 40.4 Å². The van der Waals surface area contributed by atoms with Crippen LogP contribution in [0.2, 0.25) is 0 Å². The third-order valence-corrected chi connectivity index (χ3v) is 4.48. The first-order chi connectivity index (χ1) is 13.0. The Bertz CT molecular complexity index is 805. The third-order valence-electron chi connectivity index (χ3n) is 4.48. The molecule has 0 heterocycles. The fourth-order valence-electron chi connectivity index (χ4n) is 2.78. The monoisotopic (exact) mass is 369 g/mol. The van der Waals surface area contributed by atoms with E-state index in [2.05, 4.69) is 5.32 Å². The molecule has 0 bridgehead atoms. The van der Waals surface area contributed by atoms with Crippen LogP contribution >= 0.6 is 0 Å². The Morgan fingerprint density at radius 2 is 1.63 bits per heavy atom. The standard InChI is InChI=1S/C21H23NO5/c1-13-17(25-2)11-15(12-18(13)26-3)21(24)27-19(14-7-5-4-6-8-14)20(23)22-16-9-10-16/h4-8,11-12,16,19H,9-10H2,1-3H3,(H,22,23). The first kappa shape index (κ1) is 18.8. The van der Waals surface area contributed by atoms with Gasteiger partial charge in [-0.05, 0) is 31.9 Å². The highest BCUT2D eigenvalue weighted by Crippen LogP contribution is 2.31. The van der Waals surface area contributed by atoms with E-state index in [1.165, 1.54) is 14.2 Å². The highest BCUT2D eigenvalue weighted by atomic mass is 16.5. The molecule has 6 nitrogen and oxygen atoms in total. The Morgan fingerprint density at radius 1 is 1.04 bits per heavy atom. The maximum Gasteiger partial charge on any atom is 0.339 e. The van der Waals surface area contributed by atoms with Gasteiger partial charge in [0.2, 0.25) is 6.10 Å². The molecule has 1 aliphatic carbocycles. The second kappa shape index (κ2) is 8.12. The smallest absolute Gasteiger partial charge is 0.339 e. The van der Waals surface area contributed by atoms with E-state index < -0.39 is 12.1 Å². The van der Waals surface area contributed by atoms with Gasteiger partial charge in [0.05, 0.1) is 19.8 Å². The van der Waals surface area contributed by atoms with Gasteiger partial charge < -0.3 is 19.5 Å². The minimum Gasteiger partial charge on any atom is -0.496 e. The molecule has 27 heavy (non-hydrogen) atoms. The summed E-state index contributed by atoms with van der Waals surface area (Å²) in [5.41, 5.74) is 1.66. The zero-order valence-electron chi connectivity index (χ0n) is 15.7. The van der Waals surface area contributed by atoms with Gasteiger partial charge in [-0.15, -0.1) is 0 Å². The molecular weight excluding hydrogens is 346 g/mol. The SMILES string of the molecule is COc1cc(C(=O)OC(C(=O)NC2CC2)c2ccccc2)cc(OC)c1C. The van der Waals surface area contributed by atoms with Gasteiger partial charge in [-0.1, -0.05) is 30.3 Å². The number of benzene rings is 2. The molecule has 6 heteroatoms. The lowest BCUT2D eigenvalue weighted by molar-refractivity contribution is -0.130. The van der Waals surface area contributed by atoms with Crippen LogP contribution in [0.25, 0.3) is 0 Å². The second-order valence-corrected chi connectivity index (χ2v) is 6.48. The molecule has 1 saturated carbocycles. The van der Waals surface area contributed by atoms with Crippen molar-refractivity contribution in [2.45, 2.75) is 31.9 Å². The predicted molar refractivity (Wildman–Crippen MR) is 100 cm³/mol. The number of esters is 1. The van der Waals surface area contributed by atoms with Crippen LogP contribution in [0.5, 0.6) is 11.5 Å². The summed E-state index contributed by atoms with van der Waals surface area (Å²) in [6.07, 6.45) is 0.888. The molecular formula is C21H23NO5. The lowest BCUT2D eigenvalue weighted by Gasteiger charge is -2.19. The summed E-state index contributed by atoms with van der Waals surface area (Å²) in [5, 5.41) is 2.90. The largest absolute Gasteiger partial charge is 0.496 e. The maximum atomic E-state index is 12.8. The highest BCUT2D eigenvalue weighted by molar-refractivity contribution is 5.93. The average molecular weight is 369 g/mol. The first-order valence-electron chi connectivity index (χ1n) is 8.82. The number of nitrogens with one attached hydrogen (secondary N) is 1. The lowest BCUT2D eigenvalue weighted by Crippen LogP contribution is -2.33. The molecule has 1 fully saturated rings. The van der Waals surface area contributed by atoms with Crippen molar-refractivity contribution < 1.29 is 23.8 Å². The Balaban J connectivity index is 1.87. The van der Waals surface area contributed by atoms with Crippen LogP contribution in [0.3, 0.4) is 0 Å². The minimum absolute atomic E-state index is 0.168. The molecule has 1 unspecified atom stereocenters. The van der Waals surface area contributed by atoms with Crippen LogP contribution in [-0.4, -0.2) is 32.1 Å². The number of hydrogen-bond acceptors (Lipinski definition) is 5. The van der Waals surface area contributed by atoms with E-state index in [1.807, 2.05) is 13.0 Å². The zero-order chi connectivity index (χ0) is 19.4. The van der Waals surface area contributed by atoms with E-state index in [9.17, 15) is 9.59 Å². The molecule has 1 amide bonds. The van der Waals surface area contributed by atoms with Crippen molar-refractivity contribution in [3.05, 3.63) is 59.2 Å². The molecule has 1 atom stereocenters. The first-order valence-corrected chi connectivity index (χ1v) is 8.82. The Hall–Kier alpha value is -3.02. The molecule has 142 valence electrons. The molecule has 0 aromatic heterocycles. The summed E-state index contributed by atoms with van der Waals surface area (Å²) in [5.74, 6) is 0.0921. The fourth-order valence-corrected chi connectivity index (χ4v) is 2.78. The van der Waals surface area contributed by atoms with Crippen LogP contribution in [-0.2, 0) is 9.53 Å². The number of hydrogen-bond donors (Lipinski definition) is 1. The van der Waals surface area contributed by atoms with E-state index in [0.717, 1.165) is 18.4 Å². The summed E-state index contributed by atoms with van der Waals surface area (Å²) in [7, 11) is 3.04. The van der Waals surface area contributed by atoms with Crippen molar-refractivity contribution in [2.24, 2.45) is 0 Å². The van der Waals surface area contributed by atoms with E-state index >= 15 is 0 Å². The number of carbonyl (C=O) groups is 2. The van der Waals surface area contributed by atoms with Crippen LogP contribution < -0.4 is 14.8 Å². The van der Waals surface area contributed by atoms with Crippen molar-refractivity contribution in [3.8, 4) is 11.5 Å². The van der Waals surface area contributed by atoms with Crippen LogP contribution in [0.4, 0.5) is 0 Å². The molecule has 0 spiro atoms. The predicted octanol–water partition coefficient (Wildman–Crippen LogP) is 3.19. The Kier molecular flexibility index (Phi) is 5.64. The molecule has 3 rings (SSSR count). The molecule has 2 aromatic carbocycles. The Labute approximate surface area is 158 Å². The third kappa shape index (κ3) is 4.39. The summed E-state index contributed by atoms with van der Waals surface area (Å²) in [6.45, 7) is 1.84. The van der Waals surface area contributed by atoms with Crippen molar-refractivity contribution in [2.75, 3.05) is 14.2 Å². The molecule has 1 N–H and O–H groups in total. The van der Waals surface area contributed by atoms with Gasteiger partial charge in [-0.25, -0.2) is 4.79 Å². The van der Waals surface area contributed by atoms with E-state index in [-0.39, 0.29) is 17.5 Å². The van der Waals surface area contributed by atoms with Gasteiger partial charge in [0.25, 0.3) is 5.91 Å². The van der Waals surface area contributed by atoms with Crippen molar-refractivity contribution in [1.82, 2.24) is 5.32 Å². The number of rotatable bonds is 7. The van der Waals surface area contributed by atoms with Gasteiger partial charge >= 0.3 is 5.97 Å². The number of amides is 1. The molecule has 2 aromatic rings. The molecule has 0 aliphatic heterocycles. The van der Waals surface area contributed by atoms with Gasteiger partial charge in [0.15, 0.2) is 0 Å². The summed E-state index contributed by atoms with van der Waals surface area (Å²) in [4.78, 5) is 25.4. The lowest BCUT2D eigenvalue weighted by atomic mass is 10.1. The summed E-state index contributed by atoms with van der Waals surface area (Å²) >= 11 is 0. The highest BCUT2D eigenvalue weighted by Gasteiger charge is 2.31. The average Bonchev–Trinajstić information content (AvgIpc) is 3.50. The second-order valence-electron chi connectivity index (χ2n) is 6.48. The molecule has 0 radical (unpaired) electrons.